The Morgan fingerprint density at radius 1 is 1.19 bits per heavy atom. The van der Waals surface area contributed by atoms with Crippen molar-refractivity contribution in [2.75, 3.05) is 13.1 Å². The van der Waals surface area contributed by atoms with Gasteiger partial charge in [-0.15, -0.1) is 0 Å². The number of benzene rings is 1. The molecular weight excluding hydrogens is 226 g/mol. The summed E-state index contributed by atoms with van der Waals surface area (Å²) >= 11 is 0. The van der Waals surface area contributed by atoms with Crippen molar-refractivity contribution in [1.82, 2.24) is 4.31 Å². The molecule has 0 N–H and O–H groups in total. The molecule has 0 saturated carbocycles. The molecule has 0 spiro atoms. The molecule has 0 aliphatic carbocycles. The first-order valence-corrected chi connectivity index (χ1v) is 6.28. The van der Waals surface area contributed by atoms with Crippen molar-refractivity contribution < 1.29 is 13.2 Å². The number of aldehydes is 1. The van der Waals surface area contributed by atoms with E-state index in [9.17, 15) is 13.2 Å². The maximum atomic E-state index is 12.1. The minimum atomic E-state index is -3.46. The van der Waals surface area contributed by atoms with Gasteiger partial charge in [0.15, 0.2) is 0 Å². The number of carbonyl (C=O) groups excluding carboxylic acids is 1. The summed E-state index contributed by atoms with van der Waals surface area (Å²) in [6.07, 6.45) is 2.33. The Labute approximate surface area is 94.2 Å². The molecule has 2 rings (SSSR count). The van der Waals surface area contributed by atoms with E-state index >= 15 is 0 Å². The van der Waals surface area contributed by atoms with Gasteiger partial charge in [0.2, 0.25) is 10.0 Å². The standard InChI is InChI=1S/C11H11NO3S/c13-9-10-6-7-12(8-10)16(14,15)11-4-2-1-3-5-11/h1-6,9H,7-8H2. The van der Waals surface area contributed by atoms with Gasteiger partial charge in [-0.2, -0.15) is 4.31 Å². The average Bonchev–Trinajstić information content (AvgIpc) is 2.79. The van der Waals surface area contributed by atoms with Crippen molar-refractivity contribution in [3.8, 4) is 0 Å². The molecule has 1 aromatic carbocycles. The molecule has 0 radical (unpaired) electrons. The highest BCUT2D eigenvalue weighted by molar-refractivity contribution is 7.89. The van der Waals surface area contributed by atoms with Crippen LogP contribution in [-0.2, 0) is 14.8 Å². The first-order valence-electron chi connectivity index (χ1n) is 4.84. The lowest BCUT2D eigenvalue weighted by Gasteiger charge is -2.15. The Kier molecular flexibility index (Phi) is 2.89. The lowest BCUT2D eigenvalue weighted by atomic mass is 10.3. The highest BCUT2D eigenvalue weighted by atomic mass is 32.2. The largest absolute Gasteiger partial charge is 0.298 e. The second kappa shape index (κ2) is 4.19. The van der Waals surface area contributed by atoms with Crippen molar-refractivity contribution in [3.05, 3.63) is 42.0 Å². The zero-order valence-corrected chi connectivity index (χ0v) is 9.35. The van der Waals surface area contributed by atoms with E-state index in [4.69, 9.17) is 0 Å². The highest BCUT2D eigenvalue weighted by Crippen LogP contribution is 2.19. The summed E-state index contributed by atoms with van der Waals surface area (Å²) in [7, 11) is -3.46. The molecular formula is C11H11NO3S. The first kappa shape index (κ1) is 11.0. The molecule has 0 aromatic heterocycles. The van der Waals surface area contributed by atoms with Crippen LogP contribution in [0.1, 0.15) is 0 Å². The predicted molar refractivity (Wildman–Crippen MR) is 59.3 cm³/mol. The van der Waals surface area contributed by atoms with Crippen molar-refractivity contribution in [2.45, 2.75) is 4.90 Å². The molecule has 0 bridgehead atoms. The van der Waals surface area contributed by atoms with Crippen LogP contribution in [0.3, 0.4) is 0 Å². The van der Waals surface area contributed by atoms with Gasteiger partial charge in [0.05, 0.1) is 4.90 Å². The first-order chi connectivity index (χ1) is 7.64. The van der Waals surface area contributed by atoms with Crippen LogP contribution in [0, 0.1) is 0 Å². The van der Waals surface area contributed by atoms with E-state index in [1.165, 1.54) is 4.31 Å². The molecule has 84 valence electrons. The summed E-state index contributed by atoms with van der Waals surface area (Å²) in [5, 5.41) is 0. The molecule has 5 heteroatoms. The van der Waals surface area contributed by atoms with Gasteiger partial charge in [0.25, 0.3) is 0 Å². The van der Waals surface area contributed by atoms with Crippen molar-refractivity contribution in [3.63, 3.8) is 0 Å². The zero-order valence-electron chi connectivity index (χ0n) is 8.54. The molecule has 1 heterocycles. The quantitative estimate of drug-likeness (QED) is 0.731. The number of rotatable bonds is 3. The van der Waals surface area contributed by atoms with E-state index in [2.05, 4.69) is 0 Å². The van der Waals surface area contributed by atoms with E-state index < -0.39 is 10.0 Å². The topological polar surface area (TPSA) is 54.5 Å². The zero-order chi connectivity index (χ0) is 11.6. The fourth-order valence-electron chi connectivity index (χ4n) is 1.56. The summed E-state index contributed by atoms with van der Waals surface area (Å²) in [5.74, 6) is 0. The third-order valence-electron chi connectivity index (χ3n) is 2.45. The van der Waals surface area contributed by atoms with Gasteiger partial charge >= 0.3 is 0 Å². The van der Waals surface area contributed by atoms with Gasteiger partial charge in [0.1, 0.15) is 6.29 Å². The molecule has 1 aliphatic rings. The number of carbonyl (C=O) groups is 1. The van der Waals surface area contributed by atoms with Crippen LogP contribution in [0.4, 0.5) is 0 Å². The number of hydrogen-bond donors (Lipinski definition) is 0. The fraction of sp³-hybridized carbons (Fsp3) is 0.182. The van der Waals surface area contributed by atoms with Crippen LogP contribution >= 0.6 is 0 Å². The van der Waals surface area contributed by atoms with E-state index in [1.54, 1.807) is 36.4 Å². The Hall–Kier alpha value is -1.46. The number of nitrogens with zero attached hydrogens (tertiary/aromatic N) is 1. The highest BCUT2D eigenvalue weighted by Gasteiger charge is 2.27. The van der Waals surface area contributed by atoms with E-state index in [-0.39, 0.29) is 18.0 Å². The van der Waals surface area contributed by atoms with E-state index in [0.717, 1.165) is 0 Å². The van der Waals surface area contributed by atoms with Gasteiger partial charge < -0.3 is 0 Å². The second-order valence-electron chi connectivity index (χ2n) is 3.51. The molecule has 0 atom stereocenters. The molecule has 16 heavy (non-hydrogen) atoms. The smallest absolute Gasteiger partial charge is 0.243 e. The minimum Gasteiger partial charge on any atom is -0.298 e. The van der Waals surface area contributed by atoms with Crippen molar-refractivity contribution >= 4 is 16.3 Å². The summed E-state index contributed by atoms with van der Waals surface area (Å²) in [6.45, 7) is 0.437. The lowest BCUT2D eigenvalue weighted by molar-refractivity contribution is -0.104. The number of hydrogen-bond acceptors (Lipinski definition) is 3. The lowest BCUT2D eigenvalue weighted by Crippen LogP contribution is -2.29. The third kappa shape index (κ3) is 1.91. The minimum absolute atomic E-state index is 0.167. The normalized spacial score (nSPS) is 17.1. The van der Waals surface area contributed by atoms with Gasteiger partial charge in [-0.3, -0.25) is 4.79 Å². The van der Waals surface area contributed by atoms with E-state index in [1.807, 2.05) is 0 Å². The van der Waals surface area contributed by atoms with Gasteiger partial charge in [-0.1, -0.05) is 24.3 Å². The van der Waals surface area contributed by atoms with Gasteiger partial charge in [-0.05, 0) is 12.1 Å². The Bertz CT molecular complexity index is 519. The summed E-state index contributed by atoms with van der Waals surface area (Å²) in [5.41, 5.74) is 0.513. The maximum Gasteiger partial charge on any atom is 0.243 e. The third-order valence-corrected chi connectivity index (χ3v) is 4.27. The van der Waals surface area contributed by atoms with Gasteiger partial charge in [-0.25, -0.2) is 8.42 Å². The van der Waals surface area contributed by atoms with Crippen LogP contribution in [0.2, 0.25) is 0 Å². The van der Waals surface area contributed by atoms with Crippen molar-refractivity contribution in [2.24, 2.45) is 0 Å². The monoisotopic (exact) mass is 237 g/mol. The van der Waals surface area contributed by atoms with Crippen LogP contribution in [0.25, 0.3) is 0 Å². The molecule has 0 amide bonds. The van der Waals surface area contributed by atoms with Crippen molar-refractivity contribution in [1.29, 1.82) is 0 Å². The second-order valence-corrected chi connectivity index (χ2v) is 5.45. The Balaban J connectivity index is 2.26. The molecule has 1 aromatic rings. The summed E-state index contributed by atoms with van der Waals surface area (Å²) in [4.78, 5) is 10.8. The SMILES string of the molecule is O=CC1=CCN(S(=O)(=O)c2ccccc2)C1. The molecule has 4 nitrogen and oxygen atoms in total. The molecule has 0 unspecified atom stereocenters. The van der Waals surface area contributed by atoms with Crippen LogP contribution in [0.5, 0.6) is 0 Å². The van der Waals surface area contributed by atoms with Crippen LogP contribution < -0.4 is 0 Å². The summed E-state index contributed by atoms with van der Waals surface area (Å²) in [6, 6.07) is 8.22. The average molecular weight is 237 g/mol. The fourth-order valence-corrected chi connectivity index (χ4v) is 2.95. The number of sulfonamides is 1. The van der Waals surface area contributed by atoms with Crippen LogP contribution in [0.15, 0.2) is 46.9 Å². The maximum absolute atomic E-state index is 12.1. The predicted octanol–water partition coefficient (Wildman–Crippen LogP) is 0.816. The van der Waals surface area contributed by atoms with E-state index in [0.29, 0.717) is 11.9 Å². The molecule has 0 saturated heterocycles. The van der Waals surface area contributed by atoms with Crippen LogP contribution in [-0.4, -0.2) is 32.1 Å². The Morgan fingerprint density at radius 3 is 2.44 bits per heavy atom. The molecule has 0 fully saturated rings. The van der Waals surface area contributed by atoms with Gasteiger partial charge in [0, 0.05) is 18.7 Å². The summed E-state index contributed by atoms with van der Waals surface area (Å²) < 4.78 is 25.4. The molecule has 1 aliphatic heterocycles. The Morgan fingerprint density at radius 2 is 1.88 bits per heavy atom.